The average molecular weight is 428 g/mol. The summed E-state index contributed by atoms with van der Waals surface area (Å²) >= 11 is 7.35. The minimum atomic E-state index is -0.0568. The van der Waals surface area contributed by atoms with Crippen LogP contribution < -0.4 is 5.32 Å². The van der Waals surface area contributed by atoms with Crippen molar-refractivity contribution in [2.45, 2.75) is 19.4 Å². The van der Waals surface area contributed by atoms with Gasteiger partial charge in [-0.25, -0.2) is 0 Å². The predicted molar refractivity (Wildman–Crippen MR) is 116 cm³/mol. The van der Waals surface area contributed by atoms with Crippen LogP contribution in [0.2, 0.25) is 5.02 Å². The van der Waals surface area contributed by atoms with E-state index >= 15 is 0 Å². The predicted octanol–water partition coefficient (Wildman–Crippen LogP) is 4.36. The van der Waals surface area contributed by atoms with E-state index in [0.717, 1.165) is 16.1 Å². The zero-order valence-electron chi connectivity index (χ0n) is 15.9. The lowest BCUT2D eigenvalue weighted by atomic mass is 9.95. The summed E-state index contributed by atoms with van der Waals surface area (Å²) in [5.41, 5.74) is 1.93. The third-order valence-corrected chi connectivity index (χ3v) is 6.40. The summed E-state index contributed by atoms with van der Waals surface area (Å²) in [5.74, 6) is 0.0403. The third-order valence-electron chi connectivity index (χ3n) is 5.25. The highest BCUT2D eigenvalue weighted by molar-refractivity contribution is 7.12. The molecule has 1 N–H and O–H groups in total. The van der Waals surface area contributed by atoms with Gasteiger partial charge in [-0.2, -0.15) is 0 Å². The number of rotatable bonds is 5. The summed E-state index contributed by atoms with van der Waals surface area (Å²) in [4.78, 5) is 28.1. The molecule has 3 heterocycles. The Morgan fingerprint density at radius 3 is 2.45 bits per heavy atom. The Balaban J connectivity index is 1.31. The molecule has 2 amide bonds. The molecular formula is C22H22ClN3O2S. The first-order chi connectivity index (χ1) is 14.1. The van der Waals surface area contributed by atoms with E-state index in [9.17, 15) is 9.59 Å². The molecule has 1 saturated heterocycles. The van der Waals surface area contributed by atoms with Gasteiger partial charge in [-0.3, -0.25) is 9.59 Å². The number of carbonyl (C=O) groups excluding carboxylic acids is 2. The van der Waals surface area contributed by atoms with Gasteiger partial charge < -0.3 is 14.8 Å². The first-order valence-electron chi connectivity index (χ1n) is 9.64. The fourth-order valence-electron chi connectivity index (χ4n) is 3.59. The van der Waals surface area contributed by atoms with Crippen molar-refractivity contribution in [2.75, 3.05) is 13.1 Å². The second-order valence-electron chi connectivity index (χ2n) is 7.14. The van der Waals surface area contributed by atoms with Crippen LogP contribution in [0.5, 0.6) is 0 Å². The highest BCUT2D eigenvalue weighted by Crippen LogP contribution is 2.26. The van der Waals surface area contributed by atoms with E-state index in [2.05, 4.69) is 5.32 Å². The number of thiophene rings is 1. The summed E-state index contributed by atoms with van der Waals surface area (Å²) in [5, 5.41) is 5.63. The Hall–Kier alpha value is -2.57. The molecular weight excluding hydrogens is 406 g/mol. The first-order valence-corrected chi connectivity index (χ1v) is 10.9. The maximum Gasteiger partial charge on any atom is 0.266 e. The number of likely N-dealkylation sites (tertiary alicyclic amines) is 1. The molecule has 0 atom stereocenters. The van der Waals surface area contributed by atoms with E-state index in [1.807, 2.05) is 69.7 Å². The van der Waals surface area contributed by atoms with Crippen LogP contribution in [0.15, 0.2) is 60.2 Å². The summed E-state index contributed by atoms with van der Waals surface area (Å²) in [7, 11) is 0. The lowest BCUT2D eigenvalue weighted by Crippen LogP contribution is -2.42. The number of hydrogen-bond acceptors (Lipinski definition) is 3. The molecule has 4 rings (SSSR count). The van der Waals surface area contributed by atoms with Gasteiger partial charge in [-0.1, -0.05) is 23.7 Å². The van der Waals surface area contributed by atoms with E-state index in [1.165, 1.54) is 11.3 Å². The molecule has 150 valence electrons. The van der Waals surface area contributed by atoms with Crippen LogP contribution in [0, 0.1) is 5.92 Å². The SMILES string of the molecule is O=C(NCc1ccc(Cl)cc1)C1CCN(C(=O)c2sccc2-n2cccc2)CC1. The summed E-state index contributed by atoms with van der Waals surface area (Å²) in [6.07, 6.45) is 5.25. The monoisotopic (exact) mass is 427 g/mol. The van der Waals surface area contributed by atoms with Gasteiger partial charge in [0.25, 0.3) is 5.91 Å². The molecule has 0 spiro atoms. The van der Waals surface area contributed by atoms with Crippen molar-refractivity contribution in [3.63, 3.8) is 0 Å². The van der Waals surface area contributed by atoms with Crippen LogP contribution in [-0.2, 0) is 11.3 Å². The van der Waals surface area contributed by atoms with E-state index in [-0.39, 0.29) is 17.7 Å². The number of benzene rings is 1. The van der Waals surface area contributed by atoms with E-state index in [1.54, 1.807) is 0 Å². The fourth-order valence-corrected chi connectivity index (χ4v) is 4.57. The highest BCUT2D eigenvalue weighted by Gasteiger charge is 2.29. The lowest BCUT2D eigenvalue weighted by Gasteiger charge is -2.31. The molecule has 1 aromatic carbocycles. The molecule has 2 aromatic heterocycles. The average Bonchev–Trinajstić information content (AvgIpc) is 3.44. The van der Waals surface area contributed by atoms with Crippen LogP contribution in [0.4, 0.5) is 0 Å². The number of carbonyl (C=O) groups is 2. The number of amides is 2. The molecule has 1 fully saturated rings. The third kappa shape index (κ3) is 4.54. The molecule has 5 nitrogen and oxygen atoms in total. The Morgan fingerprint density at radius 2 is 1.76 bits per heavy atom. The molecule has 7 heteroatoms. The topological polar surface area (TPSA) is 54.3 Å². The van der Waals surface area contributed by atoms with Crippen molar-refractivity contribution in [3.05, 3.63) is 75.7 Å². The normalized spacial score (nSPS) is 14.7. The largest absolute Gasteiger partial charge is 0.352 e. The summed E-state index contributed by atoms with van der Waals surface area (Å²) in [6.45, 7) is 1.69. The molecule has 0 aliphatic carbocycles. The molecule has 1 aliphatic rings. The Labute approximate surface area is 178 Å². The smallest absolute Gasteiger partial charge is 0.266 e. The van der Waals surface area contributed by atoms with Crippen LogP contribution >= 0.6 is 22.9 Å². The van der Waals surface area contributed by atoms with Gasteiger partial charge in [-0.15, -0.1) is 11.3 Å². The minimum absolute atomic E-state index is 0.0451. The van der Waals surface area contributed by atoms with E-state index in [4.69, 9.17) is 11.6 Å². The summed E-state index contributed by atoms with van der Waals surface area (Å²) < 4.78 is 1.96. The van der Waals surface area contributed by atoms with E-state index in [0.29, 0.717) is 37.5 Å². The molecule has 0 radical (unpaired) electrons. The van der Waals surface area contributed by atoms with Gasteiger partial charge in [0.05, 0.1) is 5.69 Å². The number of halogens is 1. The van der Waals surface area contributed by atoms with Crippen LogP contribution in [-0.4, -0.2) is 34.4 Å². The van der Waals surface area contributed by atoms with Crippen molar-refractivity contribution in [3.8, 4) is 5.69 Å². The molecule has 0 saturated carbocycles. The van der Waals surface area contributed by atoms with Crippen LogP contribution in [0.3, 0.4) is 0 Å². The molecule has 3 aromatic rings. The number of aromatic nitrogens is 1. The fraction of sp³-hybridized carbons (Fsp3) is 0.273. The maximum absolute atomic E-state index is 13.0. The second kappa shape index (κ2) is 8.84. The van der Waals surface area contributed by atoms with Gasteiger partial charge in [0.1, 0.15) is 4.88 Å². The Bertz CT molecular complexity index is 974. The van der Waals surface area contributed by atoms with Gasteiger partial charge in [0.15, 0.2) is 0 Å². The van der Waals surface area contributed by atoms with Crippen LogP contribution in [0.1, 0.15) is 28.1 Å². The number of hydrogen-bond donors (Lipinski definition) is 1. The zero-order chi connectivity index (χ0) is 20.2. The van der Waals surface area contributed by atoms with Gasteiger partial charge >= 0.3 is 0 Å². The first kappa shape index (κ1) is 19.7. The van der Waals surface area contributed by atoms with E-state index < -0.39 is 0 Å². The summed E-state index contributed by atoms with van der Waals surface area (Å²) in [6, 6.07) is 13.3. The van der Waals surface area contributed by atoms with Gasteiger partial charge in [-0.05, 0) is 54.1 Å². The van der Waals surface area contributed by atoms with Crippen molar-refractivity contribution in [1.29, 1.82) is 0 Å². The Morgan fingerprint density at radius 1 is 1.07 bits per heavy atom. The van der Waals surface area contributed by atoms with Crippen molar-refractivity contribution in [1.82, 2.24) is 14.8 Å². The quantitative estimate of drug-likeness (QED) is 0.657. The van der Waals surface area contributed by atoms with Crippen LogP contribution in [0.25, 0.3) is 5.69 Å². The highest BCUT2D eigenvalue weighted by atomic mass is 35.5. The standard InChI is InChI=1S/C22H22ClN3O2S/c23-18-5-3-16(4-6-18)15-24-21(27)17-7-12-26(13-8-17)22(28)20-19(9-14-29-20)25-10-1-2-11-25/h1-6,9-11,14,17H,7-8,12-13,15H2,(H,24,27). The number of piperidine rings is 1. The molecule has 0 unspecified atom stereocenters. The zero-order valence-corrected chi connectivity index (χ0v) is 17.5. The number of nitrogens with one attached hydrogen (secondary N) is 1. The maximum atomic E-state index is 13.0. The molecule has 29 heavy (non-hydrogen) atoms. The van der Waals surface area contributed by atoms with Gasteiger partial charge in [0, 0.05) is 43.0 Å². The second-order valence-corrected chi connectivity index (χ2v) is 8.49. The van der Waals surface area contributed by atoms with Crippen molar-refractivity contribution < 1.29 is 9.59 Å². The number of nitrogens with zero attached hydrogens (tertiary/aromatic N) is 2. The molecule has 0 bridgehead atoms. The van der Waals surface area contributed by atoms with Crippen molar-refractivity contribution >= 4 is 34.8 Å². The van der Waals surface area contributed by atoms with Crippen molar-refractivity contribution in [2.24, 2.45) is 5.92 Å². The molecule has 1 aliphatic heterocycles. The minimum Gasteiger partial charge on any atom is -0.352 e. The van der Waals surface area contributed by atoms with Gasteiger partial charge in [0.2, 0.25) is 5.91 Å². The lowest BCUT2D eigenvalue weighted by molar-refractivity contribution is -0.126. The Kier molecular flexibility index (Phi) is 6.02.